The van der Waals surface area contributed by atoms with E-state index in [0.717, 1.165) is 56.1 Å². The maximum absolute atomic E-state index is 12.7. The summed E-state index contributed by atoms with van der Waals surface area (Å²) in [7, 11) is 1.87. The van der Waals surface area contributed by atoms with Crippen molar-refractivity contribution in [1.82, 2.24) is 9.80 Å². The van der Waals surface area contributed by atoms with E-state index in [4.69, 9.17) is 4.74 Å². The van der Waals surface area contributed by atoms with Gasteiger partial charge in [0.25, 0.3) is 5.91 Å². The highest BCUT2D eigenvalue weighted by Crippen LogP contribution is 2.20. The first-order valence-corrected chi connectivity index (χ1v) is 8.45. The fourth-order valence-corrected chi connectivity index (χ4v) is 2.90. The molecule has 0 bridgehead atoms. The first kappa shape index (κ1) is 16.7. The van der Waals surface area contributed by atoms with Crippen LogP contribution in [0.3, 0.4) is 0 Å². The SMILES string of the molecule is CN(CCN1CCOCC1)C(=O)c1cccc(-c2ccccc2)c1. The lowest BCUT2D eigenvalue weighted by Crippen LogP contribution is -2.41. The third-order valence-corrected chi connectivity index (χ3v) is 4.42. The maximum Gasteiger partial charge on any atom is 0.253 e. The van der Waals surface area contributed by atoms with Crippen LogP contribution in [-0.2, 0) is 4.74 Å². The second-order valence-electron chi connectivity index (χ2n) is 6.13. The summed E-state index contributed by atoms with van der Waals surface area (Å²) in [5, 5.41) is 0. The van der Waals surface area contributed by atoms with Gasteiger partial charge in [0.1, 0.15) is 0 Å². The van der Waals surface area contributed by atoms with Crippen LogP contribution in [0.15, 0.2) is 54.6 Å². The smallest absolute Gasteiger partial charge is 0.253 e. The Morgan fingerprint density at radius 3 is 2.50 bits per heavy atom. The summed E-state index contributed by atoms with van der Waals surface area (Å²) >= 11 is 0. The summed E-state index contributed by atoms with van der Waals surface area (Å²) < 4.78 is 5.36. The van der Waals surface area contributed by atoms with E-state index in [9.17, 15) is 4.79 Å². The molecule has 0 atom stereocenters. The molecule has 1 saturated heterocycles. The van der Waals surface area contributed by atoms with E-state index in [2.05, 4.69) is 17.0 Å². The zero-order valence-electron chi connectivity index (χ0n) is 14.1. The molecule has 2 aromatic carbocycles. The van der Waals surface area contributed by atoms with E-state index in [1.807, 2.05) is 49.5 Å². The van der Waals surface area contributed by atoms with Crippen LogP contribution < -0.4 is 0 Å². The summed E-state index contributed by atoms with van der Waals surface area (Å²) in [6.45, 7) is 5.10. The molecule has 0 saturated carbocycles. The number of amides is 1. The van der Waals surface area contributed by atoms with Gasteiger partial charge in [-0.25, -0.2) is 0 Å². The van der Waals surface area contributed by atoms with Gasteiger partial charge in [0.2, 0.25) is 0 Å². The third kappa shape index (κ3) is 4.22. The van der Waals surface area contributed by atoms with Gasteiger partial charge in [-0.3, -0.25) is 9.69 Å². The van der Waals surface area contributed by atoms with Gasteiger partial charge in [-0.05, 0) is 23.3 Å². The van der Waals surface area contributed by atoms with Crippen LogP contribution in [0.4, 0.5) is 0 Å². The average Bonchev–Trinajstić information content (AvgIpc) is 2.67. The van der Waals surface area contributed by atoms with Crippen LogP contribution in [0.2, 0.25) is 0 Å². The molecule has 0 radical (unpaired) electrons. The topological polar surface area (TPSA) is 32.8 Å². The minimum Gasteiger partial charge on any atom is -0.379 e. The van der Waals surface area contributed by atoms with Gasteiger partial charge >= 0.3 is 0 Å². The number of morpholine rings is 1. The molecule has 4 heteroatoms. The van der Waals surface area contributed by atoms with E-state index >= 15 is 0 Å². The number of rotatable bonds is 5. The monoisotopic (exact) mass is 324 g/mol. The third-order valence-electron chi connectivity index (χ3n) is 4.42. The Hall–Kier alpha value is -2.17. The van der Waals surface area contributed by atoms with Crippen LogP contribution in [0, 0.1) is 0 Å². The highest BCUT2D eigenvalue weighted by atomic mass is 16.5. The highest BCUT2D eigenvalue weighted by molar-refractivity contribution is 5.95. The van der Waals surface area contributed by atoms with E-state index in [-0.39, 0.29) is 5.91 Å². The Kier molecular flexibility index (Phi) is 5.62. The number of ether oxygens (including phenoxy) is 1. The van der Waals surface area contributed by atoms with Gasteiger partial charge in [0, 0.05) is 38.8 Å². The summed E-state index contributed by atoms with van der Waals surface area (Å²) in [4.78, 5) is 16.8. The lowest BCUT2D eigenvalue weighted by molar-refractivity contribution is 0.0338. The van der Waals surface area contributed by atoms with Crippen molar-refractivity contribution in [1.29, 1.82) is 0 Å². The predicted molar refractivity (Wildman–Crippen MR) is 96.1 cm³/mol. The number of benzene rings is 2. The molecule has 1 heterocycles. The summed E-state index contributed by atoms with van der Waals surface area (Å²) in [6, 6.07) is 18.0. The van der Waals surface area contributed by atoms with Crippen molar-refractivity contribution in [2.45, 2.75) is 0 Å². The quantitative estimate of drug-likeness (QED) is 0.848. The Bertz CT molecular complexity index is 666. The van der Waals surface area contributed by atoms with Crippen LogP contribution in [0.25, 0.3) is 11.1 Å². The van der Waals surface area contributed by atoms with E-state index in [1.165, 1.54) is 0 Å². The zero-order chi connectivity index (χ0) is 16.8. The van der Waals surface area contributed by atoms with Crippen LogP contribution >= 0.6 is 0 Å². The Labute approximate surface area is 143 Å². The molecule has 126 valence electrons. The molecule has 3 rings (SSSR count). The highest BCUT2D eigenvalue weighted by Gasteiger charge is 2.15. The molecule has 24 heavy (non-hydrogen) atoms. The molecule has 1 fully saturated rings. The van der Waals surface area contributed by atoms with Crippen molar-refractivity contribution in [3.8, 4) is 11.1 Å². The summed E-state index contributed by atoms with van der Waals surface area (Å²) in [5.41, 5.74) is 2.94. The number of carbonyl (C=O) groups excluding carboxylic acids is 1. The second kappa shape index (κ2) is 8.08. The minimum absolute atomic E-state index is 0.0704. The lowest BCUT2D eigenvalue weighted by atomic mass is 10.0. The number of hydrogen-bond acceptors (Lipinski definition) is 3. The maximum atomic E-state index is 12.7. The first-order chi connectivity index (χ1) is 11.7. The molecule has 0 N–H and O–H groups in total. The molecule has 1 aliphatic rings. The number of likely N-dealkylation sites (N-methyl/N-ethyl adjacent to an activating group) is 1. The summed E-state index contributed by atoms with van der Waals surface area (Å²) in [5.74, 6) is 0.0704. The van der Waals surface area contributed by atoms with Gasteiger partial charge in [-0.2, -0.15) is 0 Å². The van der Waals surface area contributed by atoms with Crippen molar-refractivity contribution < 1.29 is 9.53 Å². The normalized spacial score (nSPS) is 15.2. The second-order valence-corrected chi connectivity index (χ2v) is 6.13. The molecule has 0 aliphatic carbocycles. The van der Waals surface area contributed by atoms with E-state index < -0.39 is 0 Å². The number of nitrogens with zero attached hydrogens (tertiary/aromatic N) is 2. The van der Waals surface area contributed by atoms with Gasteiger partial charge < -0.3 is 9.64 Å². The van der Waals surface area contributed by atoms with Gasteiger partial charge in [-0.15, -0.1) is 0 Å². The molecule has 0 aromatic heterocycles. The molecule has 0 unspecified atom stereocenters. The van der Waals surface area contributed by atoms with Gasteiger partial charge in [0.05, 0.1) is 13.2 Å². The van der Waals surface area contributed by atoms with Crippen LogP contribution in [-0.4, -0.2) is 62.1 Å². The molecule has 2 aromatic rings. The molecule has 1 aliphatic heterocycles. The fourth-order valence-electron chi connectivity index (χ4n) is 2.90. The molecule has 1 amide bonds. The van der Waals surface area contributed by atoms with Crippen LogP contribution in [0.1, 0.15) is 10.4 Å². The van der Waals surface area contributed by atoms with E-state index in [0.29, 0.717) is 0 Å². The predicted octanol–water partition coefficient (Wildman–Crippen LogP) is 2.76. The Morgan fingerprint density at radius 2 is 1.75 bits per heavy atom. The molecule has 0 spiro atoms. The van der Waals surface area contributed by atoms with Crippen molar-refractivity contribution in [2.24, 2.45) is 0 Å². The Balaban J connectivity index is 1.63. The van der Waals surface area contributed by atoms with Crippen molar-refractivity contribution >= 4 is 5.91 Å². The summed E-state index contributed by atoms with van der Waals surface area (Å²) in [6.07, 6.45) is 0. The van der Waals surface area contributed by atoms with Crippen molar-refractivity contribution in [2.75, 3.05) is 46.4 Å². The fraction of sp³-hybridized carbons (Fsp3) is 0.350. The van der Waals surface area contributed by atoms with Crippen molar-refractivity contribution in [3.63, 3.8) is 0 Å². The standard InChI is InChI=1S/C20H24N2O2/c1-21(10-11-22-12-14-24-15-13-22)20(23)19-9-5-8-18(16-19)17-6-3-2-4-7-17/h2-9,16H,10-15H2,1H3. The van der Waals surface area contributed by atoms with Gasteiger partial charge in [0.15, 0.2) is 0 Å². The molecule has 4 nitrogen and oxygen atoms in total. The first-order valence-electron chi connectivity index (χ1n) is 8.45. The van der Waals surface area contributed by atoms with E-state index in [1.54, 1.807) is 4.90 Å². The molecular weight excluding hydrogens is 300 g/mol. The average molecular weight is 324 g/mol. The lowest BCUT2D eigenvalue weighted by Gasteiger charge is -2.28. The van der Waals surface area contributed by atoms with Crippen molar-refractivity contribution in [3.05, 3.63) is 60.2 Å². The number of carbonyl (C=O) groups is 1. The van der Waals surface area contributed by atoms with Gasteiger partial charge in [-0.1, -0.05) is 42.5 Å². The zero-order valence-corrected chi connectivity index (χ0v) is 14.1. The molecular formula is C20H24N2O2. The largest absolute Gasteiger partial charge is 0.379 e. The minimum atomic E-state index is 0.0704. The Morgan fingerprint density at radius 1 is 1.04 bits per heavy atom. The number of hydrogen-bond donors (Lipinski definition) is 0. The van der Waals surface area contributed by atoms with Crippen LogP contribution in [0.5, 0.6) is 0 Å².